The highest BCUT2D eigenvalue weighted by Crippen LogP contribution is 2.40. The Morgan fingerprint density at radius 3 is 2.36 bits per heavy atom. The predicted molar refractivity (Wildman–Crippen MR) is 137 cm³/mol. The van der Waals surface area contributed by atoms with Crippen LogP contribution in [0.25, 0.3) is 5.57 Å². The van der Waals surface area contributed by atoms with Crippen molar-refractivity contribution in [2.75, 3.05) is 0 Å². The Kier molecular flexibility index (Phi) is 8.00. The van der Waals surface area contributed by atoms with Crippen molar-refractivity contribution < 1.29 is 4.79 Å². The van der Waals surface area contributed by atoms with Gasteiger partial charge in [0.15, 0.2) is 0 Å². The Balaban J connectivity index is 2.60. The zero-order valence-corrected chi connectivity index (χ0v) is 20.4. The lowest BCUT2D eigenvalue weighted by Crippen LogP contribution is -2.32. The number of carbonyl (C=O) groups is 1. The molecule has 0 aliphatic carbocycles. The van der Waals surface area contributed by atoms with Gasteiger partial charge in [-0.1, -0.05) is 54.6 Å². The summed E-state index contributed by atoms with van der Waals surface area (Å²) < 4.78 is 0. The molecular weight excluding hydrogens is 408 g/mol. The van der Waals surface area contributed by atoms with Crippen LogP contribution in [0.1, 0.15) is 69.8 Å². The largest absolute Gasteiger partial charge is 0.388 e. The Bertz CT molecular complexity index is 1140. The molecule has 5 heteroatoms. The normalized spacial score (nSPS) is 16.0. The van der Waals surface area contributed by atoms with E-state index in [0.717, 1.165) is 39.8 Å². The van der Waals surface area contributed by atoms with Crippen molar-refractivity contribution in [3.63, 3.8) is 0 Å². The van der Waals surface area contributed by atoms with E-state index in [9.17, 15) is 10.1 Å². The van der Waals surface area contributed by atoms with E-state index in [1.807, 2.05) is 83.3 Å². The van der Waals surface area contributed by atoms with Crippen LogP contribution in [0.15, 0.2) is 71.9 Å². The average Bonchev–Trinajstić information content (AvgIpc) is 3.28. The van der Waals surface area contributed by atoms with Gasteiger partial charge in [-0.25, -0.2) is 0 Å². The topological polar surface area (TPSA) is 95.0 Å². The maximum atomic E-state index is 12.4. The molecule has 33 heavy (non-hydrogen) atoms. The van der Waals surface area contributed by atoms with Crippen LogP contribution in [0, 0.1) is 11.3 Å². The van der Waals surface area contributed by atoms with Gasteiger partial charge in [-0.15, -0.1) is 0 Å². The molecular formula is C28H34N4O. The summed E-state index contributed by atoms with van der Waals surface area (Å²) in [5.41, 5.74) is 9.95. The first-order chi connectivity index (χ1) is 15.5. The number of nitrogens with one attached hydrogen (secondary N) is 1. The average molecular weight is 443 g/mol. The molecule has 3 N–H and O–H groups in total. The molecule has 1 heterocycles. The van der Waals surface area contributed by atoms with E-state index in [1.165, 1.54) is 0 Å². The number of amidine groups is 1. The molecule has 0 saturated carbocycles. The second-order valence-electron chi connectivity index (χ2n) is 9.01. The second kappa shape index (κ2) is 10.3. The molecule has 0 saturated heterocycles. The van der Waals surface area contributed by atoms with E-state index in [0.29, 0.717) is 5.84 Å². The summed E-state index contributed by atoms with van der Waals surface area (Å²) in [6.45, 7) is 15.3. The number of nitrogens with zero attached hydrogens (tertiary/aromatic N) is 2. The van der Waals surface area contributed by atoms with Crippen molar-refractivity contribution >= 4 is 17.7 Å². The van der Waals surface area contributed by atoms with Gasteiger partial charge >= 0.3 is 0 Å². The van der Waals surface area contributed by atoms with E-state index in [1.54, 1.807) is 6.92 Å². The van der Waals surface area contributed by atoms with Gasteiger partial charge in [0.25, 0.3) is 0 Å². The van der Waals surface area contributed by atoms with Gasteiger partial charge in [0, 0.05) is 11.9 Å². The number of H-pyrrole nitrogens is 1. The van der Waals surface area contributed by atoms with Gasteiger partial charge in [0.2, 0.25) is 0 Å². The third-order valence-electron chi connectivity index (χ3n) is 6.04. The molecule has 0 aliphatic heterocycles. The molecule has 0 radical (unpaired) electrons. The lowest BCUT2D eigenvalue weighted by molar-refractivity contribution is -0.110. The van der Waals surface area contributed by atoms with E-state index in [2.05, 4.69) is 23.7 Å². The summed E-state index contributed by atoms with van der Waals surface area (Å²) >= 11 is 0. The van der Waals surface area contributed by atoms with E-state index >= 15 is 0 Å². The van der Waals surface area contributed by atoms with Crippen molar-refractivity contribution in [2.24, 2.45) is 10.7 Å². The number of nitriles is 1. The molecule has 5 nitrogen and oxygen atoms in total. The maximum Gasteiger partial charge on any atom is 0.130 e. The van der Waals surface area contributed by atoms with E-state index < -0.39 is 16.9 Å². The fourth-order valence-electron chi connectivity index (χ4n) is 3.81. The van der Waals surface area contributed by atoms with Gasteiger partial charge in [-0.05, 0) is 69.9 Å². The maximum absolute atomic E-state index is 12.4. The molecule has 1 aromatic heterocycles. The monoisotopic (exact) mass is 442 g/mol. The lowest BCUT2D eigenvalue weighted by atomic mass is 9.78. The molecule has 0 aliphatic rings. The Hall–Kier alpha value is -3.65. The molecule has 2 rings (SSSR count). The fourth-order valence-corrected chi connectivity index (χ4v) is 3.81. The van der Waals surface area contributed by atoms with Gasteiger partial charge in [-0.3, -0.25) is 4.99 Å². The van der Waals surface area contributed by atoms with Crippen molar-refractivity contribution in [1.29, 1.82) is 5.26 Å². The van der Waals surface area contributed by atoms with Crippen LogP contribution in [0.3, 0.4) is 0 Å². The predicted octanol–water partition coefficient (Wildman–Crippen LogP) is 5.93. The highest BCUT2D eigenvalue weighted by atomic mass is 16.1. The molecule has 0 amide bonds. The first-order valence-electron chi connectivity index (χ1n) is 11.0. The van der Waals surface area contributed by atoms with Crippen LogP contribution in [0.5, 0.6) is 0 Å². The van der Waals surface area contributed by atoms with Gasteiger partial charge in [-0.2, -0.15) is 5.26 Å². The number of hydrogen-bond donors (Lipinski definition) is 2. The van der Waals surface area contributed by atoms with Gasteiger partial charge in [0.1, 0.15) is 11.8 Å². The van der Waals surface area contributed by atoms with Crippen LogP contribution in [0.4, 0.5) is 0 Å². The number of nitrogens with two attached hydrogens (primary N) is 1. The van der Waals surface area contributed by atoms with Crippen LogP contribution < -0.4 is 5.73 Å². The van der Waals surface area contributed by atoms with Crippen molar-refractivity contribution in [3.05, 3.63) is 89.3 Å². The number of aromatic nitrogens is 1. The van der Waals surface area contributed by atoms with Crippen LogP contribution in [-0.2, 0) is 15.7 Å². The summed E-state index contributed by atoms with van der Waals surface area (Å²) in [4.78, 5) is 20.4. The summed E-state index contributed by atoms with van der Waals surface area (Å²) in [7, 11) is 0. The first-order valence-corrected chi connectivity index (χ1v) is 11.0. The van der Waals surface area contributed by atoms with Gasteiger partial charge in [0.05, 0.1) is 23.2 Å². The minimum atomic E-state index is -0.951. The van der Waals surface area contributed by atoms with Crippen LogP contribution in [0.2, 0.25) is 0 Å². The summed E-state index contributed by atoms with van der Waals surface area (Å²) in [6.07, 6.45) is 8.70. The highest BCUT2D eigenvalue weighted by molar-refractivity contribution is 5.80. The number of benzene rings is 1. The van der Waals surface area contributed by atoms with Crippen molar-refractivity contribution in [3.8, 4) is 6.07 Å². The third kappa shape index (κ3) is 5.59. The quantitative estimate of drug-likeness (QED) is 0.218. The summed E-state index contributed by atoms with van der Waals surface area (Å²) in [5, 5.41) is 9.43. The van der Waals surface area contributed by atoms with Crippen LogP contribution in [-0.4, -0.2) is 17.1 Å². The molecule has 2 unspecified atom stereocenters. The number of hydrogen-bond acceptors (Lipinski definition) is 3. The van der Waals surface area contributed by atoms with Crippen molar-refractivity contribution in [1.82, 2.24) is 4.98 Å². The minimum Gasteiger partial charge on any atom is -0.388 e. The number of allylic oxidation sites excluding steroid dienone is 5. The van der Waals surface area contributed by atoms with Crippen LogP contribution >= 0.6 is 0 Å². The van der Waals surface area contributed by atoms with Crippen molar-refractivity contribution in [2.45, 2.75) is 58.4 Å². The number of aliphatic imine (C=N–C) groups is 1. The molecule has 2 aromatic rings. The first kappa shape index (κ1) is 25.6. The molecule has 2 atom stereocenters. The molecule has 1 aromatic carbocycles. The zero-order chi connectivity index (χ0) is 24.8. The zero-order valence-electron chi connectivity index (χ0n) is 20.4. The minimum absolute atomic E-state index is 0.381. The standard InChI is InChI=1S/C28H34N4O/c1-8-19(3)14-21(9-2)23-15-26(31-16-23)28(7,32-20(4)30)25(17-33)22-10-12-24(13-11-22)27(5,6)18-29/h8-17,25,31H,2H2,1,3-7H3,(H2,30,32)/b19-8-,21-14+. The van der Waals surface area contributed by atoms with E-state index in [-0.39, 0.29) is 0 Å². The molecule has 172 valence electrons. The summed E-state index contributed by atoms with van der Waals surface area (Å²) in [6, 6.07) is 11.9. The van der Waals surface area contributed by atoms with Gasteiger partial charge < -0.3 is 15.5 Å². The van der Waals surface area contributed by atoms with E-state index in [4.69, 9.17) is 10.7 Å². The number of aromatic amines is 1. The SMILES string of the molecule is C=C/C(=C\C(C)=C/C)c1c[nH]c(C(C)(N=C(C)N)C(C=O)c2ccc(C(C)(C)C#N)cc2)c1. The lowest BCUT2D eigenvalue weighted by Gasteiger charge is -2.31. The summed E-state index contributed by atoms with van der Waals surface area (Å²) in [5.74, 6) is -0.206. The molecule has 0 fully saturated rings. The Labute approximate surface area is 197 Å². The number of rotatable bonds is 9. The number of aldehydes is 1. The third-order valence-corrected chi connectivity index (χ3v) is 6.04. The number of carbonyl (C=O) groups excluding carboxylic acids is 1. The molecule has 0 spiro atoms. The smallest absolute Gasteiger partial charge is 0.130 e. The fraction of sp³-hybridized carbons (Fsp3) is 0.321. The highest BCUT2D eigenvalue weighted by Gasteiger charge is 2.38. The Morgan fingerprint density at radius 2 is 1.88 bits per heavy atom. The molecule has 0 bridgehead atoms. The Morgan fingerprint density at radius 1 is 1.24 bits per heavy atom. The second-order valence-corrected chi connectivity index (χ2v) is 9.01.